The number of aliphatic imine (C=N–C) groups is 1. The lowest BCUT2D eigenvalue weighted by Gasteiger charge is -2.03. The maximum atomic E-state index is 5.05. The standard InChI is InChI=1S/C9H15NO/c1-5-7-9(11-4)8(3)10-6-2/h6-7H,3,5H2,1-2,4H3/b9-7+,10-6?. The van der Waals surface area contributed by atoms with Crippen molar-refractivity contribution in [3.63, 3.8) is 0 Å². The number of rotatable bonds is 4. The Morgan fingerprint density at radius 3 is 2.64 bits per heavy atom. The van der Waals surface area contributed by atoms with Crippen molar-refractivity contribution in [3.8, 4) is 0 Å². The van der Waals surface area contributed by atoms with Gasteiger partial charge in [0.2, 0.25) is 0 Å². The van der Waals surface area contributed by atoms with Crippen LogP contribution in [-0.4, -0.2) is 13.3 Å². The third-order valence-electron chi connectivity index (χ3n) is 1.18. The van der Waals surface area contributed by atoms with Gasteiger partial charge in [-0.25, -0.2) is 0 Å². The second-order valence-corrected chi connectivity index (χ2v) is 2.01. The minimum atomic E-state index is 0.678. The molecule has 0 saturated heterocycles. The van der Waals surface area contributed by atoms with Gasteiger partial charge in [0.1, 0.15) is 5.76 Å². The van der Waals surface area contributed by atoms with Gasteiger partial charge in [0.05, 0.1) is 12.8 Å². The van der Waals surface area contributed by atoms with Crippen LogP contribution in [0.1, 0.15) is 20.3 Å². The zero-order valence-corrected chi connectivity index (χ0v) is 7.42. The van der Waals surface area contributed by atoms with Crippen molar-refractivity contribution in [2.75, 3.05) is 7.11 Å². The molecule has 0 fully saturated rings. The van der Waals surface area contributed by atoms with Gasteiger partial charge in [-0.1, -0.05) is 13.5 Å². The zero-order chi connectivity index (χ0) is 8.69. The molecule has 0 heterocycles. The minimum Gasteiger partial charge on any atom is -0.495 e. The van der Waals surface area contributed by atoms with Crippen LogP contribution in [0.15, 0.2) is 29.1 Å². The van der Waals surface area contributed by atoms with E-state index in [1.54, 1.807) is 13.3 Å². The third kappa shape index (κ3) is 3.61. The predicted octanol–water partition coefficient (Wildman–Crippen LogP) is 2.53. The Morgan fingerprint density at radius 1 is 1.64 bits per heavy atom. The summed E-state index contributed by atoms with van der Waals surface area (Å²) in [5.41, 5.74) is 0.678. The van der Waals surface area contributed by atoms with Crippen molar-refractivity contribution in [1.29, 1.82) is 0 Å². The summed E-state index contributed by atoms with van der Waals surface area (Å²) in [5, 5.41) is 0. The number of allylic oxidation sites excluding steroid dienone is 1. The summed E-state index contributed by atoms with van der Waals surface area (Å²) in [6.07, 6.45) is 4.58. The van der Waals surface area contributed by atoms with E-state index in [-0.39, 0.29) is 0 Å². The Bertz CT molecular complexity index is 180. The molecule has 11 heavy (non-hydrogen) atoms. The van der Waals surface area contributed by atoms with E-state index < -0.39 is 0 Å². The van der Waals surface area contributed by atoms with Gasteiger partial charge < -0.3 is 4.74 Å². The number of methoxy groups -OCH3 is 1. The third-order valence-corrected chi connectivity index (χ3v) is 1.18. The van der Waals surface area contributed by atoms with E-state index in [1.807, 2.05) is 19.9 Å². The average Bonchev–Trinajstić information content (AvgIpc) is 2.00. The maximum Gasteiger partial charge on any atom is 0.139 e. The van der Waals surface area contributed by atoms with Gasteiger partial charge in [-0.2, -0.15) is 0 Å². The molecule has 2 nitrogen and oxygen atoms in total. The monoisotopic (exact) mass is 153 g/mol. The SMILES string of the molecule is C=C(N=CC)/C(=C\CC)OC. The lowest BCUT2D eigenvalue weighted by atomic mass is 10.3. The first-order valence-corrected chi connectivity index (χ1v) is 3.68. The molecule has 62 valence electrons. The molecule has 0 spiro atoms. The summed E-state index contributed by atoms with van der Waals surface area (Å²) in [5.74, 6) is 0.755. The van der Waals surface area contributed by atoms with E-state index in [4.69, 9.17) is 4.74 Å². The first-order chi connectivity index (χ1) is 5.26. The second-order valence-electron chi connectivity index (χ2n) is 2.01. The van der Waals surface area contributed by atoms with Gasteiger partial charge in [-0.05, 0) is 19.4 Å². The summed E-state index contributed by atoms with van der Waals surface area (Å²) < 4.78 is 5.05. The molecule has 0 unspecified atom stereocenters. The Morgan fingerprint density at radius 2 is 2.27 bits per heavy atom. The van der Waals surface area contributed by atoms with Crippen molar-refractivity contribution >= 4 is 6.21 Å². The van der Waals surface area contributed by atoms with Crippen molar-refractivity contribution in [2.45, 2.75) is 20.3 Å². The van der Waals surface area contributed by atoms with E-state index in [1.165, 1.54) is 0 Å². The highest BCUT2D eigenvalue weighted by Crippen LogP contribution is 2.09. The first kappa shape index (κ1) is 9.95. The summed E-state index contributed by atoms with van der Waals surface area (Å²) in [6, 6.07) is 0. The highest BCUT2D eigenvalue weighted by Gasteiger charge is 1.96. The van der Waals surface area contributed by atoms with Crippen LogP contribution < -0.4 is 0 Å². The molecule has 0 aliphatic rings. The van der Waals surface area contributed by atoms with Gasteiger partial charge >= 0.3 is 0 Å². The normalized spacial score (nSPS) is 12.1. The topological polar surface area (TPSA) is 21.6 Å². The fourth-order valence-electron chi connectivity index (χ4n) is 0.724. The largest absolute Gasteiger partial charge is 0.495 e. The van der Waals surface area contributed by atoms with E-state index in [0.29, 0.717) is 5.70 Å². The molecule has 0 radical (unpaired) electrons. The summed E-state index contributed by atoms with van der Waals surface area (Å²) in [6.45, 7) is 7.64. The van der Waals surface area contributed by atoms with Gasteiger partial charge in [-0.15, -0.1) is 0 Å². The Balaban J connectivity index is 4.26. The summed E-state index contributed by atoms with van der Waals surface area (Å²) in [7, 11) is 1.62. The van der Waals surface area contributed by atoms with Crippen LogP contribution in [0.25, 0.3) is 0 Å². The van der Waals surface area contributed by atoms with E-state index in [2.05, 4.69) is 11.6 Å². The second kappa shape index (κ2) is 5.71. The molecule has 0 aromatic carbocycles. The molecule has 0 saturated carbocycles. The molecule has 2 heteroatoms. The molecule has 0 rings (SSSR count). The molecule has 0 aliphatic carbocycles. The Hall–Kier alpha value is -1.05. The van der Waals surface area contributed by atoms with Gasteiger partial charge in [0.25, 0.3) is 0 Å². The summed E-state index contributed by atoms with van der Waals surface area (Å²) >= 11 is 0. The van der Waals surface area contributed by atoms with Gasteiger partial charge in [-0.3, -0.25) is 4.99 Å². The van der Waals surface area contributed by atoms with Crippen LogP contribution in [0, 0.1) is 0 Å². The van der Waals surface area contributed by atoms with E-state index >= 15 is 0 Å². The van der Waals surface area contributed by atoms with Crippen LogP contribution in [0.5, 0.6) is 0 Å². The smallest absolute Gasteiger partial charge is 0.139 e. The van der Waals surface area contributed by atoms with E-state index in [0.717, 1.165) is 12.2 Å². The Kier molecular flexibility index (Phi) is 5.17. The van der Waals surface area contributed by atoms with Crippen LogP contribution in [0.2, 0.25) is 0 Å². The van der Waals surface area contributed by atoms with Crippen molar-refractivity contribution in [1.82, 2.24) is 0 Å². The van der Waals surface area contributed by atoms with Crippen LogP contribution in [0.4, 0.5) is 0 Å². The fraction of sp³-hybridized carbons (Fsp3) is 0.444. The highest BCUT2D eigenvalue weighted by atomic mass is 16.5. The van der Waals surface area contributed by atoms with Crippen LogP contribution >= 0.6 is 0 Å². The predicted molar refractivity (Wildman–Crippen MR) is 48.7 cm³/mol. The molecular formula is C9H15NO. The van der Waals surface area contributed by atoms with Crippen LogP contribution in [0.3, 0.4) is 0 Å². The molecule has 0 aromatic heterocycles. The highest BCUT2D eigenvalue weighted by molar-refractivity contribution is 5.56. The van der Waals surface area contributed by atoms with Crippen molar-refractivity contribution < 1.29 is 4.74 Å². The van der Waals surface area contributed by atoms with E-state index in [9.17, 15) is 0 Å². The lowest BCUT2D eigenvalue weighted by Crippen LogP contribution is -1.88. The maximum absolute atomic E-state index is 5.05. The zero-order valence-electron chi connectivity index (χ0n) is 7.42. The van der Waals surface area contributed by atoms with Gasteiger partial charge in [0, 0.05) is 6.21 Å². The molecule has 0 bridgehead atoms. The number of hydrogen-bond acceptors (Lipinski definition) is 2. The molecular weight excluding hydrogens is 138 g/mol. The van der Waals surface area contributed by atoms with Gasteiger partial charge in [0.15, 0.2) is 0 Å². The number of hydrogen-bond donors (Lipinski definition) is 0. The molecule has 0 aliphatic heterocycles. The van der Waals surface area contributed by atoms with Crippen LogP contribution in [-0.2, 0) is 4.74 Å². The minimum absolute atomic E-state index is 0.678. The molecule has 0 aromatic rings. The average molecular weight is 153 g/mol. The number of nitrogens with zero attached hydrogens (tertiary/aromatic N) is 1. The molecule has 0 atom stereocenters. The first-order valence-electron chi connectivity index (χ1n) is 3.68. The Labute approximate surface area is 68.3 Å². The fourth-order valence-corrected chi connectivity index (χ4v) is 0.724. The van der Waals surface area contributed by atoms with Crippen molar-refractivity contribution in [3.05, 3.63) is 24.1 Å². The van der Waals surface area contributed by atoms with Crippen molar-refractivity contribution in [2.24, 2.45) is 4.99 Å². The lowest BCUT2D eigenvalue weighted by molar-refractivity contribution is 0.299. The summed E-state index contributed by atoms with van der Waals surface area (Å²) in [4.78, 5) is 4.00. The number of ether oxygens (including phenoxy) is 1. The quantitative estimate of drug-likeness (QED) is 0.345. The molecule has 0 N–H and O–H groups in total. The molecule has 0 amide bonds.